The topological polar surface area (TPSA) is 82.6 Å². The van der Waals surface area contributed by atoms with Gasteiger partial charge in [0, 0.05) is 16.2 Å². The minimum Gasteiger partial charge on any atom is -0.731 e. The number of para-hydroxylation sites is 2. The van der Waals surface area contributed by atoms with E-state index in [9.17, 15) is 26.1 Å². The van der Waals surface area contributed by atoms with Crippen LogP contribution in [0.15, 0.2) is 54.7 Å². The summed E-state index contributed by atoms with van der Waals surface area (Å²) in [5.41, 5.74) is -1.02. The Balaban J connectivity index is 2.01. The number of benzene rings is 2. The molecule has 3 rings (SSSR count). The van der Waals surface area contributed by atoms with Gasteiger partial charge in [-0.25, -0.2) is 13.4 Å². The van der Waals surface area contributed by atoms with Crippen LogP contribution in [-0.4, -0.2) is 18.0 Å². The van der Waals surface area contributed by atoms with E-state index in [-0.39, 0.29) is 22.0 Å². The molecule has 170 valence electrons. The van der Waals surface area contributed by atoms with E-state index in [2.05, 4.69) is 4.98 Å². The summed E-state index contributed by atoms with van der Waals surface area (Å²) in [6.45, 7) is -0.462. The molecule has 1 aromatic heterocycles. The molecule has 3 aromatic rings. The fourth-order valence-corrected chi connectivity index (χ4v) is 3.96. The first-order valence-electron chi connectivity index (χ1n) is 8.53. The van der Waals surface area contributed by atoms with Gasteiger partial charge in [-0.3, -0.25) is 4.31 Å². The lowest BCUT2D eigenvalue weighted by atomic mass is 10.2. The van der Waals surface area contributed by atoms with E-state index < -0.39 is 39.5 Å². The fraction of sp³-hybridized carbons (Fsp3) is 0.105. The zero-order valence-electron chi connectivity index (χ0n) is 15.6. The highest BCUT2D eigenvalue weighted by Gasteiger charge is 2.32. The number of pyridine rings is 1. The van der Waals surface area contributed by atoms with Crippen LogP contribution < -0.4 is 9.04 Å². The van der Waals surface area contributed by atoms with Gasteiger partial charge in [-0.2, -0.15) is 13.2 Å². The summed E-state index contributed by atoms with van der Waals surface area (Å²) in [6.07, 6.45) is -4.15. The molecule has 0 saturated carbocycles. The average Bonchev–Trinajstić information content (AvgIpc) is 2.68. The van der Waals surface area contributed by atoms with Crippen molar-refractivity contribution in [2.24, 2.45) is 0 Å². The van der Waals surface area contributed by atoms with E-state index in [0.717, 1.165) is 0 Å². The lowest BCUT2D eigenvalue weighted by Gasteiger charge is -2.29. The molecule has 0 aliphatic carbocycles. The standard InChI is InChI=1S/C19H12Cl3F3N2O4S/c20-13-6-5-11(14(21)8-13)10-27(32(28,29)30)16-3-1-2-4-17(16)31-18-15(22)7-12(9-26-18)19(23,24)25/h1-9H,10H2,(H,28,29,30)/p-1. The molecule has 0 bridgehead atoms. The van der Waals surface area contributed by atoms with E-state index in [4.69, 9.17) is 39.5 Å². The Labute approximate surface area is 196 Å². The third-order valence-corrected chi connectivity index (χ3v) is 5.80. The number of halogens is 6. The molecule has 6 nitrogen and oxygen atoms in total. The second-order valence-corrected chi connectivity index (χ2v) is 8.83. The van der Waals surface area contributed by atoms with Crippen LogP contribution in [0.4, 0.5) is 18.9 Å². The maximum absolute atomic E-state index is 12.8. The molecule has 0 unspecified atom stereocenters. The first-order valence-corrected chi connectivity index (χ1v) is 11.0. The van der Waals surface area contributed by atoms with Crippen LogP contribution in [0.5, 0.6) is 11.6 Å². The van der Waals surface area contributed by atoms with Gasteiger partial charge in [0.2, 0.25) is 5.88 Å². The number of ether oxygens (including phenoxy) is 1. The van der Waals surface area contributed by atoms with Crippen LogP contribution >= 0.6 is 34.8 Å². The SMILES string of the molecule is O=S(=O)([O-])N(Cc1ccc(Cl)cc1Cl)c1ccccc1Oc1ncc(C(F)(F)F)cc1Cl. The Bertz CT molecular complexity index is 1260. The number of hydrogen-bond acceptors (Lipinski definition) is 5. The molecular weight excluding hydrogens is 516 g/mol. The first kappa shape index (κ1) is 24.4. The van der Waals surface area contributed by atoms with Gasteiger partial charge < -0.3 is 9.29 Å². The molecule has 0 radical (unpaired) electrons. The van der Waals surface area contributed by atoms with Crippen LogP contribution in [0.25, 0.3) is 0 Å². The summed E-state index contributed by atoms with van der Waals surface area (Å²) in [7, 11) is -5.08. The quantitative estimate of drug-likeness (QED) is 0.351. The molecule has 0 spiro atoms. The molecule has 32 heavy (non-hydrogen) atoms. The number of rotatable bonds is 6. The normalized spacial score (nSPS) is 12.0. The smallest absolute Gasteiger partial charge is 0.417 e. The largest absolute Gasteiger partial charge is 0.731 e. The molecular formula is C19H11Cl3F3N2O4S-. The van der Waals surface area contributed by atoms with Gasteiger partial charge >= 0.3 is 6.18 Å². The Kier molecular flexibility index (Phi) is 7.11. The minimum atomic E-state index is -5.08. The molecule has 0 aliphatic heterocycles. The van der Waals surface area contributed by atoms with Gasteiger partial charge in [0.25, 0.3) is 0 Å². The van der Waals surface area contributed by atoms with Crippen molar-refractivity contribution in [1.82, 2.24) is 4.98 Å². The fourth-order valence-electron chi connectivity index (χ4n) is 2.60. The van der Waals surface area contributed by atoms with Crippen molar-refractivity contribution in [3.63, 3.8) is 0 Å². The van der Waals surface area contributed by atoms with Crippen LogP contribution in [0.1, 0.15) is 11.1 Å². The highest BCUT2D eigenvalue weighted by Crippen LogP contribution is 2.38. The molecule has 0 amide bonds. The maximum Gasteiger partial charge on any atom is 0.417 e. The van der Waals surface area contributed by atoms with Crippen molar-refractivity contribution in [3.8, 4) is 11.6 Å². The van der Waals surface area contributed by atoms with Crippen molar-refractivity contribution in [3.05, 3.63) is 80.9 Å². The van der Waals surface area contributed by atoms with E-state index in [1.165, 1.54) is 42.5 Å². The van der Waals surface area contributed by atoms with Gasteiger partial charge in [0.05, 0.1) is 17.8 Å². The minimum absolute atomic E-state index is 0.122. The number of hydrogen-bond donors (Lipinski definition) is 0. The van der Waals surface area contributed by atoms with E-state index in [0.29, 0.717) is 21.6 Å². The molecule has 0 aliphatic rings. The monoisotopic (exact) mass is 525 g/mol. The van der Waals surface area contributed by atoms with Crippen molar-refractivity contribution >= 4 is 50.8 Å². The number of alkyl halides is 3. The molecule has 2 aromatic carbocycles. The van der Waals surface area contributed by atoms with E-state index in [1.54, 1.807) is 0 Å². The number of anilines is 1. The van der Waals surface area contributed by atoms with Crippen molar-refractivity contribution in [2.75, 3.05) is 4.31 Å². The number of nitrogens with zero attached hydrogens (tertiary/aromatic N) is 2. The number of aromatic nitrogens is 1. The van der Waals surface area contributed by atoms with Crippen LogP contribution in [0.2, 0.25) is 15.1 Å². The van der Waals surface area contributed by atoms with Gasteiger partial charge in [-0.1, -0.05) is 53.0 Å². The van der Waals surface area contributed by atoms with Gasteiger partial charge in [-0.15, -0.1) is 0 Å². The summed E-state index contributed by atoms with van der Waals surface area (Å²) in [4.78, 5) is 3.55. The zero-order valence-corrected chi connectivity index (χ0v) is 18.7. The van der Waals surface area contributed by atoms with Gasteiger partial charge in [0.15, 0.2) is 16.1 Å². The average molecular weight is 527 g/mol. The van der Waals surface area contributed by atoms with E-state index >= 15 is 0 Å². The summed E-state index contributed by atoms with van der Waals surface area (Å²) < 4.78 is 80.5. The Morgan fingerprint density at radius 2 is 1.72 bits per heavy atom. The molecule has 0 N–H and O–H groups in total. The molecule has 0 fully saturated rings. The third-order valence-electron chi connectivity index (χ3n) is 4.07. The van der Waals surface area contributed by atoms with Gasteiger partial charge in [0.1, 0.15) is 5.02 Å². The second-order valence-electron chi connectivity index (χ2n) is 6.28. The third kappa shape index (κ3) is 5.76. The summed E-state index contributed by atoms with van der Waals surface area (Å²) in [5.74, 6) is -0.606. The van der Waals surface area contributed by atoms with Crippen molar-refractivity contribution < 1.29 is 30.9 Å². The molecule has 13 heteroatoms. The summed E-state index contributed by atoms with van der Waals surface area (Å²) in [5, 5.41) is -0.0362. The van der Waals surface area contributed by atoms with E-state index in [1.807, 2.05) is 0 Å². The highest BCUT2D eigenvalue weighted by molar-refractivity contribution is 7.87. The zero-order chi connectivity index (χ0) is 23.7. The Morgan fingerprint density at radius 1 is 1.03 bits per heavy atom. The Morgan fingerprint density at radius 3 is 2.31 bits per heavy atom. The highest BCUT2D eigenvalue weighted by atomic mass is 35.5. The van der Waals surface area contributed by atoms with Crippen molar-refractivity contribution in [1.29, 1.82) is 0 Å². The second kappa shape index (κ2) is 9.32. The predicted molar refractivity (Wildman–Crippen MR) is 113 cm³/mol. The molecule has 0 atom stereocenters. The molecule has 1 heterocycles. The van der Waals surface area contributed by atoms with Crippen molar-refractivity contribution in [2.45, 2.75) is 12.7 Å². The predicted octanol–water partition coefficient (Wildman–Crippen LogP) is 6.32. The lowest BCUT2D eigenvalue weighted by Crippen LogP contribution is -2.30. The summed E-state index contributed by atoms with van der Waals surface area (Å²) >= 11 is 17.8. The lowest BCUT2D eigenvalue weighted by molar-refractivity contribution is -0.137. The Hall–Kier alpha value is -2.24. The summed E-state index contributed by atoms with van der Waals surface area (Å²) in [6, 6.07) is 10.4. The van der Waals surface area contributed by atoms with Gasteiger partial charge in [-0.05, 0) is 35.9 Å². The van der Waals surface area contributed by atoms with Crippen LogP contribution in [0.3, 0.4) is 0 Å². The molecule has 0 saturated heterocycles. The maximum atomic E-state index is 12.8. The first-order chi connectivity index (χ1) is 14.9. The van der Waals surface area contributed by atoms with Crippen LogP contribution in [0, 0.1) is 0 Å². The van der Waals surface area contributed by atoms with Crippen LogP contribution in [-0.2, 0) is 23.0 Å².